The number of rotatable bonds is 8. The summed E-state index contributed by atoms with van der Waals surface area (Å²) >= 11 is 0. The van der Waals surface area contributed by atoms with E-state index < -0.39 is 0 Å². The van der Waals surface area contributed by atoms with Crippen molar-refractivity contribution in [2.75, 3.05) is 66.1 Å². The molecular weight excluding hydrogens is 342 g/mol. The smallest absolute Gasteiger partial charge is 0.191 e. The molecule has 0 amide bonds. The van der Waals surface area contributed by atoms with Crippen LogP contribution in [0, 0.1) is 5.92 Å². The molecule has 0 aliphatic carbocycles. The maximum atomic E-state index is 5.70. The van der Waals surface area contributed by atoms with E-state index in [0.717, 1.165) is 70.7 Å². The van der Waals surface area contributed by atoms with Gasteiger partial charge < -0.3 is 19.8 Å². The number of hydrogen-bond acceptors (Lipinski definition) is 5. The first-order valence-electron chi connectivity index (χ1n) is 10.3. The lowest BCUT2D eigenvalue weighted by Gasteiger charge is -2.29. The predicted molar refractivity (Wildman–Crippen MR) is 108 cm³/mol. The summed E-state index contributed by atoms with van der Waals surface area (Å²) in [7, 11) is 1.83. The maximum Gasteiger partial charge on any atom is 0.191 e. The van der Waals surface area contributed by atoms with Crippen LogP contribution in [0.4, 0.5) is 0 Å². The Balaban J connectivity index is 1.44. The second kappa shape index (κ2) is 10.7. The fraction of sp³-hybridized carbons (Fsp3) is 0.750. The number of morpholine rings is 1. The molecule has 2 aliphatic heterocycles. The Morgan fingerprint density at radius 2 is 1.89 bits per heavy atom. The average molecular weight is 378 g/mol. The van der Waals surface area contributed by atoms with Gasteiger partial charge in [-0.3, -0.25) is 14.8 Å². The molecule has 3 rings (SSSR count). The first-order valence-corrected chi connectivity index (χ1v) is 10.3. The van der Waals surface area contributed by atoms with E-state index in [-0.39, 0.29) is 6.04 Å². The van der Waals surface area contributed by atoms with Gasteiger partial charge in [-0.25, -0.2) is 0 Å². The zero-order valence-corrected chi connectivity index (χ0v) is 16.8. The first kappa shape index (κ1) is 20.2. The Bertz CT molecular complexity index is 551. The highest BCUT2D eigenvalue weighted by molar-refractivity contribution is 5.79. The molecule has 152 valence electrons. The molecule has 2 unspecified atom stereocenters. The van der Waals surface area contributed by atoms with E-state index in [2.05, 4.69) is 38.4 Å². The first-order chi connectivity index (χ1) is 13.3. The fourth-order valence-electron chi connectivity index (χ4n) is 3.92. The zero-order chi connectivity index (χ0) is 18.9. The maximum absolute atomic E-state index is 5.70. The van der Waals surface area contributed by atoms with Gasteiger partial charge in [-0.05, 0) is 44.0 Å². The summed E-state index contributed by atoms with van der Waals surface area (Å²) in [6.07, 6.45) is 4.30. The van der Waals surface area contributed by atoms with Crippen molar-refractivity contribution in [1.82, 2.24) is 20.4 Å². The van der Waals surface area contributed by atoms with Crippen LogP contribution < -0.4 is 10.6 Å². The van der Waals surface area contributed by atoms with Crippen molar-refractivity contribution < 1.29 is 9.15 Å². The molecule has 7 heteroatoms. The van der Waals surface area contributed by atoms with E-state index in [1.54, 1.807) is 6.26 Å². The van der Waals surface area contributed by atoms with Crippen LogP contribution in [0.2, 0.25) is 0 Å². The van der Waals surface area contributed by atoms with Crippen LogP contribution in [0.3, 0.4) is 0 Å². The largest absolute Gasteiger partial charge is 0.468 e. The molecule has 1 aromatic rings. The highest BCUT2D eigenvalue weighted by Gasteiger charge is 2.25. The lowest BCUT2D eigenvalue weighted by molar-refractivity contribution is 0.0320. The molecule has 2 atom stereocenters. The summed E-state index contributed by atoms with van der Waals surface area (Å²) in [6, 6.07) is 4.30. The molecule has 2 saturated heterocycles. The average Bonchev–Trinajstić information content (AvgIpc) is 3.40. The van der Waals surface area contributed by atoms with Gasteiger partial charge in [0.15, 0.2) is 5.96 Å². The third-order valence-corrected chi connectivity index (χ3v) is 5.43. The van der Waals surface area contributed by atoms with Gasteiger partial charge in [-0.1, -0.05) is 6.92 Å². The minimum absolute atomic E-state index is 0.256. The summed E-state index contributed by atoms with van der Waals surface area (Å²) in [4.78, 5) is 9.38. The van der Waals surface area contributed by atoms with E-state index in [0.29, 0.717) is 5.92 Å². The van der Waals surface area contributed by atoms with Crippen LogP contribution in [-0.2, 0) is 4.74 Å². The van der Waals surface area contributed by atoms with Gasteiger partial charge in [-0.15, -0.1) is 0 Å². The molecule has 2 fully saturated rings. The predicted octanol–water partition coefficient (Wildman–Crippen LogP) is 1.55. The van der Waals surface area contributed by atoms with E-state index in [9.17, 15) is 0 Å². The number of guanidine groups is 1. The Hall–Kier alpha value is -1.57. The van der Waals surface area contributed by atoms with Gasteiger partial charge in [0.1, 0.15) is 5.76 Å². The highest BCUT2D eigenvalue weighted by atomic mass is 16.5. The molecule has 0 spiro atoms. The van der Waals surface area contributed by atoms with Crippen molar-refractivity contribution in [3.63, 3.8) is 0 Å². The van der Waals surface area contributed by atoms with Crippen molar-refractivity contribution in [2.45, 2.75) is 25.8 Å². The van der Waals surface area contributed by atoms with Crippen LogP contribution in [0.15, 0.2) is 27.8 Å². The Labute approximate surface area is 163 Å². The highest BCUT2D eigenvalue weighted by Crippen LogP contribution is 2.24. The summed E-state index contributed by atoms with van der Waals surface area (Å²) in [5.41, 5.74) is 0. The van der Waals surface area contributed by atoms with Gasteiger partial charge in [-0.2, -0.15) is 0 Å². The number of furan rings is 1. The minimum Gasteiger partial charge on any atom is -0.468 e. The SMILES string of the molecule is CN=C(NCC(C)CN1CCOCC1)NCC(c1ccco1)N1CCCC1. The van der Waals surface area contributed by atoms with Gasteiger partial charge in [0.2, 0.25) is 0 Å². The molecule has 27 heavy (non-hydrogen) atoms. The number of likely N-dealkylation sites (tertiary alicyclic amines) is 1. The van der Waals surface area contributed by atoms with Crippen LogP contribution in [0.5, 0.6) is 0 Å². The quantitative estimate of drug-likeness (QED) is 0.529. The fourth-order valence-corrected chi connectivity index (χ4v) is 3.92. The van der Waals surface area contributed by atoms with E-state index >= 15 is 0 Å². The number of aliphatic imine (C=N–C) groups is 1. The molecule has 7 nitrogen and oxygen atoms in total. The van der Waals surface area contributed by atoms with Crippen LogP contribution >= 0.6 is 0 Å². The second-order valence-electron chi connectivity index (χ2n) is 7.63. The number of nitrogens with one attached hydrogen (secondary N) is 2. The van der Waals surface area contributed by atoms with Crippen LogP contribution in [0.25, 0.3) is 0 Å². The zero-order valence-electron chi connectivity index (χ0n) is 16.8. The molecule has 0 saturated carbocycles. The molecule has 0 radical (unpaired) electrons. The van der Waals surface area contributed by atoms with Gasteiger partial charge in [0.05, 0.1) is 25.5 Å². The summed E-state index contributed by atoms with van der Waals surface area (Å²) in [5, 5.41) is 6.98. The van der Waals surface area contributed by atoms with Gasteiger partial charge in [0.25, 0.3) is 0 Å². The monoisotopic (exact) mass is 377 g/mol. The number of ether oxygens (including phenoxy) is 1. The lowest BCUT2D eigenvalue weighted by Crippen LogP contribution is -2.45. The van der Waals surface area contributed by atoms with Crippen LogP contribution in [-0.4, -0.2) is 81.8 Å². The van der Waals surface area contributed by atoms with Crippen molar-refractivity contribution in [3.8, 4) is 0 Å². The molecule has 0 bridgehead atoms. The van der Waals surface area contributed by atoms with E-state index in [1.807, 2.05) is 13.1 Å². The van der Waals surface area contributed by atoms with E-state index in [4.69, 9.17) is 9.15 Å². The minimum atomic E-state index is 0.256. The Kier molecular flexibility index (Phi) is 7.98. The third-order valence-electron chi connectivity index (χ3n) is 5.43. The van der Waals surface area contributed by atoms with Crippen molar-refractivity contribution in [1.29, 1.82) is 0 Å². The Morgan fingerprint density at radius 1 is 1.15 bits per heavy atom. The second-order valence-corrected chi connectivity index (χ2v) is 7.63. The third kappa shape index (κ3) is 6.23. The summed E-state index contributed by atoms with van der Waals surface area (Å²) < 4.78 is 11.1. The number of nitrogens with zero attached hydrogens (tertiary/aromatic N) is 3. The van der Waals surface area contributed by atoms with E-state index in [1.165, 1.54) is 12.8 Å². The summed E-state index contributed by atoms with van der Waals surface area (Å²) in [5.74, 6) is 2.45. The molecule has 0 aromatic carbocycles. The van der Waals surface area contributed by atoms with Crippen LogP contribution in [0.1, 0.15) is 31.6 Å². The molecule has 3 heterocycles. The topological polar surface area (TPSA) is 65.3 Å². The van der Waals surface area contributed by atoms with Gasteiger partial charge in [0, 0.05) is 39.8 Å². The molecule has 2 N–H and O–H groups in total. The van der Waals surface area contributed by atoms with Crippen molar-refractivity contribution in [2.24, 2.45) is 10.9 Å². The summed E-state index contributed by atoms with van der Waals surface area (Å²) in [6.45, 7) is 11.1. The molecule has 1 aromatic heterocycles. The normalized spacial score (nSPS) is 21.9. The Morgan fingerprint density at radius 3 is 2.56 bits per heavy atom. The standard InChI is InChI=1S/C20H35N5O2/c1-17(16-24-9-12-26-13-10-24)14-22-20(21-2)23-15-18(19-6-5-11-27-19)25-7-3-4-8-25/h5-6,11,17-18H,3-4,7-10,12-16H2,1-2H3,(H2,21,22,23). The molecular formula is C20H35N5O2. The van der Waals surface area contributed by atoms with Gasteiger partial charge >= 0.3 is 0 Å². The van der Waals surface area contributed by atoms with Crippen molar-refractivity contribution >= 4 is 5.96 Å². The number of hydrogen-bond donors (Lipinski definition) is 2. The van der Waals surface area contributed by atoms with Crippen molar-refractivity contribution in [3.05, 3.63) is 24.2 Å². The lowest BCUT2D eigenvalue weighted by atomic mass is 10.1. The molecule has 2 aliphatic rings.